The summed E-state index contributed by atoms with van der Waals surface area (Å²) < 4.78 is 7.48. The monoisotopic (exact) mass is 541 g/mol. The molecule has 0 aliphatic carbocycles. The molecule has 0 saturated carbocycles. The highest BCUT2D eigenvalue weighted by Gasteiger charge is 2.25. The number of methoxy groups -OCH3 is 1. The lowest BCUT2D eigenvalue weighted by molar-refractivity contribution is -0.115. The van der Waals surface area contributed by atoms with Gasteiger partial charge in [0.25, 0.3) is 5.91 Å². The lowest BCUT2D eigenvalue weighted by atomic mass is 10.1. The quantitative estimate of drug-likeness (QED) is 0.265. The maximum Gasteiger partial charge on any atom is 0.264 e. The third-order valence-electron chi connectivity index (χ3n) is 5.46. The van der Waals surface area contributed by atoms with Gasteiger partial charge in [-0.15, -0.1) is 0 Å². The smallest absolute Gasteiger partial charge is 0.264 e. The van der Waals surface area contributed by atoms with E-state index in [1.807, 2.05) is 42.6 Å². The molecule has 35 heavy (non-hydrogen) atoms. The Balaban J connectivity index is 1.48. The predicted octanol–water partition coefficient (Wildman–Crippen LogP) is 7.55. The number of rotatable bonds is 5. The first-order chi connectivity index (χ1) is 16.9. The second-order valence-electron chi connectivity index (χ2n) is 7.78. The maximum absolute atomic E-state index is 12.7. The Bertz CT molecular complexity index is 1530. The van der Waals surface area contributed by atoms with Crippen LogP contribution in [0.4, 0.5) is 5.69 Å². The van der Waals surface area contributed by atoms with Crippen molar-refractivity contribution in [3.05, 3.63) is 98.0 Å². The van der Waals surface area contributed by atoms with Crippen molar-refractivity contribution >= 4 is 80.3 Å². The van der Waals surface area contributed by atoms with E-state index in [0.29, 0.717) is 43.1 Å². The van der Waals surface area contributed by atoms with Gasteiger partial charge in [0.1, 0.15) is 11.4 Å². The summed E-state index contributed by atoms with van der Waals surface area (Å²) in [6.45, 7) is 0.612. The lowest BCUT2D eigenvalue weighted by Gasteiger charge is -2.06. The number of nitrogens with one attached hydrogen (secondary N) is 1. The van der Waals surface area contributed by atoms with Crippen molar-refractivity contribution in [1.82, 2.24) is 9.88 Å². The third kappa shape index (κ3) is 5.07. The van der Waals surface area contributed by atoms with Crippen LogP contribution in [0.3, 0.4) is 0 Å². The van der Waals surface area contributed by atoms with E-state index in [-0.39, 0.29) is 5.91 Å². The molecule has 1 amide bonds. The fourth-order valence-electron chi connectivity index (χ4n) is 3.84. The molecule has 4 aromatic rings. The molecular weight excluding hydrogens is 525 g/mol. The number of ether oxygens (including phenoxy) is 1. The van der Waals surface area contributed by atoms with Gasteiger partial charge < -0.3 is 14.6 Å². The molecule has 1 aromatic heterocycles. The van der Waals surface area contributed by atoms with Crippen LogP contribution in [-0.4, -0.2) is 22.8 Å². The second-order valence-corrected chi connectivity index (χ2v) is 10.1. The molecule has 0 atom stereocenters. The number of amides is 1. The molecule has 0 unspecified atom stereocenters. The van der Waals surface area contributed by atoms with E-state index < -0.39 is 0 Å². The van der Waals surface area contributed by atoms with Crippen LogP contribution in [0.2, 0.25) is 15.1 Å². The van der Waals surface area contributed by atoms with Crippen LogP contribution < -0.4 is 10.1 Å². The van der Waals surface area contributed by atoms with Gasteiger partial charge in [0, 0.05) is 34.2 Å². The van der Waals surface area contributed by atoms with Crippen molar-refractivity contribution in [3.63, 3.8) is 0 Å². The Hall–Kier alpha value is -2.90. The fraction of sp³-hybridized carbons (Fsp3) is 0.0769. The number of carbonyl (C=O) groups excluding carboxylic acids is 1. The second kappa shape index (κ2) is 9.99. The number of nitrogens with zero attached hydrogens (tertiary/aromatic N) is 2. The molecule has 2 heterocycles. The van der Waals surface area contributed by atoms with E-state index in [1.165, 1.54) is 11.8 Å². The number of hydrogen-bond acceptors (Lipinski definition) is 4. The number of aliphatic imine (C=N–C) groups is 1. The number of hydrogen-bond donors (Lipinski definition) is 1. The van der Waals surface area contributed by atoms with Crippen molar-refractivity contribution in [1.29, 1.82) is 0 Å². The fourth-order valence-corrected chi connectivity index (χ4v) is 5.15. The normalized spacial score (nSPS) is 15.8. The number of amidine groups is 1. The average Bonchev–Trinajstić information content (AvgIpc) is 3.36. The zero-order valence-electron chi connectivity index (χ0n) is 18.4. The van der Waals surface area contributed by atoms with E-state index in [9.17, 15) is 4.79 Å². The average molecular weight is 543 g/mol. The van der Waals surface area contributed by atoms with Gasteiger partial charge in [0.05, 0.1) is 22.1 Å². The van der Waals surface area contributed by atoms with E-state index in [0.717, 1.165) is 22.0 Å². The highest BCUT2D eigenvalue weighted by molar-refractivity contribution is 8.18. The highest BCUT2D eigenvalue weighted by atomic mass is 35.5. The summed E-state index contributed by atoms with van der Waals surface area (Å²) in [6.07, 6.45) is 3.91. The SMILES string of the molecule is COc1ccc(Cl)cc1N=C1NC(=O)/C(=C/c2cn(Cc3ccc(Cl)c(Cl)c3)c3ccccc23)S1. The molecule has 176 valence electrons. The minimum Gasteiger partial charge on any atom is -0.494 e. The van der Waals surface area contributed by atoms with Crippen molar-refractivity contribution < 1.29 is 9.53 Å². The summed E-state index contributed by atoms with van der Waals surface area (Å²) in [4.78, 5) is 17.8. The number of benzene rings is 3. The Morgan fingerprint density at radius 1 is 1.06 bits per heavy atom. The predicted molar refractivity (Wildman–Crippen MR) is 146 cm³/mol. The van der Waals surface area contributed by atoms with Crippen LogP contribution in [0.5, 0.6) is 5.75 Å². The van der Waals surface area contributed by atoms with Gasteiger partial charge in [-0.3, -0.25) is 4.79 Å². The van der Waals surface area contributed by atoms with Gasteiger partial charge in [-0.25, -0.2) is 4.99 Å². The Morgan fingerprint density at radius 2 is 1.89 bits per heavy atom. The molecular formula is C26H18Cl3N3O2S. The van der Waals surface area contributed by atoms with E-state index >= 15 is 0 Å². The zero-order valence-corrected chi connectivity index (χ0v) is 21.5. The summed E-state index contributed by atoms with van der Waals surface area (Å²) in [7, 11) is 1.56. The topological polar surface area (TPSA) is 55.6 Å². The first-order valence-electron chi connectivity index (χ1n) is 10.6. The zero-order chi connectivity index (χ0) is 24.5. The molecule has 9 heteroatoms. The number of carbonyl (C=O) groups is 1. The molecule has 3 aromatic carbocycles. The number of halogens is 3. The summed E-state index contributed by atoms with van der Waals surface area (Å²) in [6, 6.07) is 18.8. The molecule has 0 radical (unpaired) electrons. The minimum absolute atomic E-state index is 0.212. The van der Waals surface area contributed by atoms with E-state index in [2.05, 4.69) is 20.9 Å². The van der Waals surface area contributed by atoms with Gasteiger partial charge in [-0.2, -0.15) is 0 Å². The van der Waals surface area contributed by atoms with Gasteiger partial charge in [0.15, 0.2) is 5.17 Å². The minimum atomic E-state index is -0.212. The molecule has 1 saturated heterocycles. The molecule has 0 spiro atoms. The van der Waals surface area contributed by atoms with Crippen molar-refractivity contribution in [3.8, 4) is 5.75 Å². The van der Waals surface area contributed by atoms with Gasteiger partial charge in [-0.1, -0.05) is 59.1 Å². The standard InChI is InChI=1S/C26H18Cl3N3O2S/c1-34-23-9-7-17(27)12-21(23)30-26-31-25(33)24(35-26)11-16-14-32(22-5-3-2-4-18(16)22)13-15-6-8-19(28)20(29)10-15/h2-12,14H,13H2,1H3,(H,30,31,33)/b24-11-. The summed E-state index contributed by atoms with van der Waals surface area (Å²) in [5, 5.41) is 5.89. The maximum atomic E-state index is 12.7. The number of thioether (sulfide) groups is 1. The van der Waals surface area contributed by atoms with Crippen LogP contribution in [0.1, 0.15) is 11.1 Å². The van der Waals surface area contributed by atoms with Gasteiger partial charge >= 0.3 is 0 Å². The Labute approximate surface area is 221 Å². The Morgan fingerprint density at radius 3 is 2.69 bits per heavy atom. The summed E-state index contributed by atoms with van der Waals surface area (Å²) in [5.74, 6) is 0.357. The summed E-state index contributed by atoms with van der Waals surface area (Å²) >= 11 is 19.7. The lowest BCUT2D eigenvalue weighted by Crippen LogP contribution is -2.19. The van der Waals surface area contributed by atoms with Crippen LogP contribution in [0.15, 0.2) is 76.8 Å². The third-order valence-corrected chi connectivity index (χ3v) is 7.34. The first-order valence-corrected chi connectivity index (χ1v) is 12.5. The van der Waals surface area contributed by atoms with E-state index in [1.54, 1.807) is 31.4 Å². The molecule has 5 nitrogen and oxygen atoms in total. The van der Waals surface area contributed by atoms with E-state index in [4.69, 9.17) is 39.5 Å². The largest absolute Gasteiger partial charge is 0.494 e. The van der Waals surface area contributed by atoms with Crippen LogP contribution in [0.25, 0.3) is 17.0 Å². The molecule has 1 fully saturated rings. The number of fused-ring (bicyclic) bond motifs is 1. The molecule has 5 rings (SSSR count). The van der Waals surface area contributed by atoms with Gasteiger partial charge in [0.2, 0.25) is 0 Å². The van der Waals surface area contributed by atoms with Gasteiger partial charge in [-0.05, 0) is 59.8 Å². The highest BCUT2D eigenvalue weighted by Crippen LogP contribution is 2.35. The van der Waals surface area contributed by atoms with Crippen LogP contribution in [0, 0.1) is 0 Å². The van der Waals surface area contributed by atoms with Crippen molar-refractivity contribution in [2.75, 3.05) is 7.11 Å². The molecule has 1 aliphatic rings. The first kappa shape index (κ1) is 23.8. The van der Waals surface area contributed by atoms with Crippen molar-refractivity contribution in [2.45, 2.75) is 6.54 Å². The Kier molecular flexibility index (Phi) is 6.80. The van der Waals surface area contributed by atoms with Crippen LogP contribution in [-0.2, 0) is 11.3 Å². The van der Waals surface area contributed by atoms with Crippen LogP contribution >= 0.6 is 46.6 Å². The molecule has 0 bridgehead atoms. The number of aromatic nitrogens is 1. The summed E-state index contributed by atoms with van der Waals surface area (Å²) in [5.41, 5.74) is 3.55. The molecule has 1 N–H and O–H groups in total. The molecule has 1 aliphatic heterocycles. The number of para-hydroxylation sites is 1. The van der Waals surface area contributed by atoms with Crippen molar-refractivity contribution in [2.24, 2.45) is 4.99 Å².